The lowest BCUT2D eigenvalue weighted by atomic mass is 10.0. The van der Waals surface area contributed by atoms with E-state index in [-0.39, 0.29) is 24.7 Å². The van der Waals surface area contributed by atoms with Crippen molar-refractivity contribution in [2.75, 3.05) is 20.8 Å². The zero-order valence-electron chi connectivity index (χ0n) is 23.9. The molecule has 0 bridgehead atoms. The van der Waals surface area contributed by atoms with Gasteiger partial charge >= 0.3 is 5.97 Å². The van der Waals surface area contributed by atoms with Crippen molar-refractivity contribution in [2.24, 2.45) is 0 Å². The van der Waals surface area contributed by atoms with Gasteiger partial charge in [-0.25, -0.2) is 9.50 Å². The largest absolute Gasteiger partial charge is 0.497 e. The third kappa shape index (κ3) is 6.42. The molecule has 4 rings (SSSR count). The van der Waals surface area contributed by atoms with E-state index in [0.717, 1.165) is 39.3 Å². The molecule has 9 nitrogen and oxygen atoms in total. The van der Waals surface area contributed by atoms with Crippen LogP contribution in [0.2, 0.25) is 0 Å². The minimum Gasteiger partial charge on any atom is -0.497 e. The fourth-order valence-electron chi connectivity index (χ4n) is 4.77. The summed E-state index contributed by atoms with van der Waals surface area (Å²) in [7, 11) is 3.22. The Morgan fingerprint density at radius 2 is 1.75 bits per heavy atom. The Morgan fingerprint density at radius 1 is 1.00 bits per heavy atom. The second kappa shape index (κ2) is 12.6. The Balaban J connectivity index is 1.53. The molecule has 210 valence electrons. The van der Waals surface area contributed by atoms with Crippen LogP contribution >= 0.6 is 0 Å². The molecule has 0 spiro atoms. The van der Waals surface area contributed by atoms with Crippen molar-refractivity contribution in [2.45, 2.75) is 53.0 Å². The van der Waals surface area contributed by atoms with Gasteiger partial charge in [0.2, 0.25) is 5.91 Å². The molecule has 0 aliphatic carbocycles. The van der Waals surface area contributed by atoms with Gasteiger partial charge in [0.1, 0.15) is 11.5 Å². The Morgan fingerprint density at radius 3 is 2.42 bits per heavy atom. The lowest BCUT2D eigenvalue weighted by molar-refractivity contribution is -0.143. The number of amides is 1. The fourth-order valence-corrected chi connectivity index (χ4v) is 4.77. The molecule has 2 aromatic carbocycles. The van der Waals surface area contributed by atoms with Gasteiger partial charge in [0.15, 0.2) is 5.65 Å². The molecule has 40 heavy (non-hydrogen) atoms. The van der Waals surface area contributed by atoms with Crippen LogP contribution in [0.1, 0.15) is 53.9 Å². The molecular formula is C31H36N4O5. The van der Waals surface area contributed by atoms with Crippen molar-refractivity contribution < 1.29 is 23.8 Å². The lowest BCUT2D eigenvalue weighted by Crippen LogP contribution is -2.31. The van der Waals surface area contributed by atoms with Gasteiger partial charge in [0.25, 0.3) is 0 Å². The van der Waals surface area contributed by atoms with Gasteiger partial charge in [-0.05, 0) is 57.4 Å². The van der Waals surface area contributed by atoms with E-state index in [0.29, 0.717) is 30.2 Å². The average molecular weight is 545 g/mol. The first-order valence-electron chi connectivity index (χ1n) is 13.3. The Bertz CT molecular complexity index is 1510. The zero-order chi connectivity index (χ0) is 28.8. The molecule has 0 unspecified atom stereocenters. The van der Waals surface area contributed by atoms with Crippen molar-refractivity contribution in [3.05, 3.63) is 76.6 Å². The predicted molar refractivity (Wildman–Crippen MR) is 153 cm³/mol. The van der Waals surface area contributed by atoms with Gasteiger partial charge in [-0.2, -0.15) is 5.10 Å². The van der Waals surface area contributed by atoms with E-state index in [2.05, 4.69) is 5.32 Å². The van der Waals surface area contributed by atoms with E-state index in [4.69, 9.17) is 24.3 Å². The van der Waals surface area contributed by atoms with Crippen LogP contribution in [0.5, 0.6) is 11.5 Å². The maximum atomic E-state index is 13.1. The normalized spacial score (nSPS) is 11.8. The van der Waals surface area contributed by atoms with Crippen LogP contribution in [0, 0.1) is 20.8 Å². The number of benzene rings is 2. The smallest absolute Gasteiger partial charge is 0.308 e. The number of aryl methyl sites for hydroxylation is 3. The first kappa shape index (κ1) is 28.6. The zero-order valence-corrected chi connectivity index (χ0v) is 23.9. The number of ether oxygens (including phenoxy) is 3. The van der Waals surface area contributed by atoms with Crippen molar-refractivity contribution >= 4 is 17.5 Å². The summed E-state index contributed by atoms with van der Waals surface area (Å²) < 4.78 is 17.8. The minimum atomic E-state index is -0.469. The van der Waals surface area contributed by atoms with Gasteiger partial charge < -0.3 is 19.5 Å². The average Bonchev–Trinajstić information content (AvgIpc) is 3.36. The van der Waals surface area contributed by atoms with E-state index in [1.165, 1.54) is 0 Å². The number of fused-ring (bicyclic) bond motifs is 1. The number of hydrogen-bond donors (Lipinski definition) is 1. The van der Waals surface area contributed by atoms with Crippen molar-refractivity contribution in [3.63, 3.8) is 0 Å². The molecule has 1 N–H and O–H groups in total. The van der Waals surface area contributed by atoms with Crippen LogP contribution in [-0.4, -0.2) is 47.3 Å². The highest BCUT2D eigenvalue weighted by Crippen LogP contribution is 2.33. The Hall–Kier alpha value is -4.40. The first-order valence-corrected chi connectivity index (χ1v) is 13.3. The number of rotatable bonds is 11. The standard InChI is InChI=1S/C31H36N4O5/c1-7-40-31(37)18-26(22-10-8-19(2)9-11-22)33-30(36)15-14-24-20(3)32-29-17-27(34-35(29)21(24)4)25-13-12-23(38-5)16-28(25)39-6/h8-13,16-17,26H,7,14-15,18H2,1-6H3,(H,33,36)/t26-/m0/s1. The van der Waals surface area contributed by atoms with E-state index < -0.39 is 6.04 Å². The van der Waals surface area contributed by atoms with Crippen LogP contribution < -0.4 is 14.8 Å². The summed E-state index contributed by atoms with van der Waals surface area (Å²) in [5.41, 5.74) is 6.94. The molecule has 9 heteroatoms. The predicted octanol–water partition coefficient (Wildman–Crippen LogP) is 5.08. The van der Waals surface area contributed by atoms with Gasteiger partial charge in [-0.3, -0.25) is 9.59 Å². The Labute approximate surface area is 234 Å². The third-order valence-corrected chi connectivity index (χ3v) is 6.94. The summed E-state index contributed by atoms with van der Waals surface area (Å²) in [6.45, 7) is 7.97. The summed E-state index contributed by atoms with van der Waals surface area (Å²) in [5, 5.41) is 7.83. The van der Waals surface area contributed by atoms with Gasteiger partial charge in [-0.1, -0.05) is 29.8 Å². The van der Waals surface area contributed by atoms with Gasteiger partial charge in [0.05, 0.1) is 39.0 Å². The van der Waals surface area contributed by atoms with E-state index in [9.17, 15) is 9.59 Å². The maximum absolute atomic E-state index is 13.1. The number of aromatic nitrogens is 3. The summed E-state index contributed by atoms with van der Waals surface area (Å²) in [6.07, 6.45) is 0.785. The van der Waals surface area contributed by atoms with E-state index >= 15 is 0 Å². The summed E-state index contributed by atoms with van der Waals surface area (Å²) >= 11 is 0. The van der Waals surface area contributed by atoms with Crippen molar-refractivity contribution in [1.29, 1.82) is 0 Å². The number of esters is 1. The molecule has 0 saturated carbocycles. The summed E-state index contributed by atoms with van der Waals surface area (Å²) in [4.78, 5) is 30.1. The monoisotopic (exact) mass is 544 g/mol. The first-order chi connectivity index (χ1) is 19.2. The number of nitrogens with zero attached hydrogens (tertiary/aromatic N) is 3. The van der Waals surface area contributed by atoms with Crippen LogP contribution in [0.15, 0.2) is 48.5 Å². The number of carbonyl (C=O) groups excluding carboxylic acids is 2. The molecule has 0 saturated heterocycles. The summed E-state index contributed by atoms with van der Waals surface area (Å²) in [5.74, 6) is 0.845. The number of hydrogen-bond acceptors (Lipinski definition) is 7. The highest BCUT2D eigenvalue weighted by molar-refractivity contribution is 5.78. The quantitative estimate of drug-likeness (QED) is 0.263. The topological polar surface area (TPSA) is 104 Å². The SMILES string of the molecule is CCOC(=O)C[C@H](NC(=O)CCc1c(C)nc2cc(-c3ccc(OC)cc3OC)nn2c1C)c1ccc(C)cc1. The van der Waals surface area contributed by atoms with Crippen molar-refractivity contribution in [1.82, 2.24) is 19.9 Å². The molecule has 0 radical (unpaired) electrons. The van der Waals surface area contributed by atoms with Crippen LogP contribution in [0.4, 0.5) is 0 Å². The highest BCUT2D eigenvalue weighted by atomic mass is 16.5. The van der Waals surface area contributed by atoms with E-state index in [1.807, 2.05) is 69.3 Å². The number of carbonyl (C=O) groups is 2. The Kier molecular flexibility index (Phi) is 9.04. The maximum Gasteiger partial charge on any atom is 0.308 e. The minimum absolute atomic E-state index is 0.0685. The fraction of sp³-hybridized carbons (Fsp3) is 0.355. The second-order valence-electron chi connectivity index (χ2n) is 9.67. The van der Waals surface area contributed by atoms with Crippen LogP contribution in [-0.2, 0) is 20.7 Å². The molecule has 0 aliphatic rings. The van der Waals surface area contributed by atoms with E-state index in [1.54, 1.807) is 25.7 Å². The molecule has 4 aromatic rings. The number of nitrogens with one attached hydrogen (secondary N) is 1. The molecular weight excluding hydrogens is 508 g/mol. The summed E-state index contributed by atoms with van der Waals surface area (Å²) in [6, 6.07) is 14.8. The molecule has 2 aromatic heterocycles. The molecule has 2 heterocycles. The molecule has 1 atom stereocenters. The highest BCUT2D eigenvalue weighted by Gasteiger charge is 2.21. The molecule has 0 fully saturated rings. The third-order valence-electron chi connectivity index (χ3n) is 6.94. The second-order valence-corrected chi connectivity index (χ2v) is 9.67. The van der Waals surface area contributed by atoms with Crippen LogP contribution in [0.3, 0.4) is 0 Å². The molecule has 1 amide bonds. The van der Waals surface area contributed by atoms with Gasteiger partial charge in [-0.15, -0.1) is 0 Å². The lowest BCUT2D eigenvalue weighted by Gasteiger charge is -2.19. The molecule has 0 aliphatic heterocycles. The van der Waals surface area contributed by atoms with Gasteiger partial charge in [0, 0.05) is 35.5 Å². The van der Waals surface area contributed by atoms with Crippen LogP contribution in [0.25, 0.3) is 16.9 Å². The van der Waals surface area contributed by atoms with Crippen molar-refractivity contribution in [3.8, 4) is 22.8 Å². The number of methoxy groups -OCH3 is 2.